The fourth-order valence-electron chi connectivity index (χ4n) is 1.83. The third-order valence-corrected chi connectivity index (χ3v) is 3.60. The van der Waals surface area contributed by atoms with Crippen LogP contribution in [0.4, 0.5) is 0 Å². The van der Waals surface area contributed by atoms with Crippen LogP contribution in [0.1, 0.15) is 27.0 Å². The topological polar surface area (TPSA) is 33.1 Å². The second-order valence-electron chi connectivity index (χ2n) is 3.94. The van der Waals surface area contributed by atoms with Crippen molar-refractivity contribution in [1.82, 2.24) is 4.98 Å². The van der Waals surface area contributed by atoms with Gasteiger partial charge in [0.25, 0.3) is 0 Å². The van der Waals surface area contributed by atoms with Crippen LogP contribution >= 0.6 is 11.3 Å². The van der Waals surface area contributed by atoms with E-state index in [2.05, 4.69) is 24.9 Å². The van der Waals surface area contributed by atoms with Crippen molar-refractivity contribution in [2.24, 2.45) is 0 Å². The maximum Gasteiger partial charge on any atom is 0.0841 e. The predicted octanol–water partition coefficient (Wildman–Crippen LogP) is 3.04. The van der Waals surface area contributed by atoms with Crippen LogP contribution in [0.25, 0.3) is 0 Å². The van der Waals surface area contributed by atoms with Crippen molar-refractivity contribution in [3.8, 4) is 0 Å². The van der Waals surface area contributed by atoms with Gasteiger partial charge in [-0.05, 0) is 43.2 Å². The van der Waals surface area contributed by atoms with E-state index in [1.165, 1.54) is 9.75 Å². The molecule has 0 saturated heterocycles. The quantitative estimate of drug-likeness (QED) is 0.884. The Morgan fingerprint density at radius 2 is 2.00 bits per heavy atom. The highest BCUT2D eigenvalue weighted by Gasteiger charge is 2.13. The van der Waals surface area contributed by atoms with E-state index >= 15 is 0 Å². The minimum absolute atomic E-state index is 0.410. The SMILES string of the molecule is Cc1cc(C(O)Cc2ccncc2)c(C)s1. The Balaban J connectivity index is 2.14. The van der Waals surface area contributed by atoms with Gasteiger partial charge >= 0.3 is 0 Å². The summed E-state index contributed by atoms with van der Waals surface area (Å²) in [4.78, 5) is 6.43. The molecule has 0 fully saturated rings. The van der Waals surface area contributed by atoms with Crippen LogP contribution < -0.4 is 0 Å². The van der Waals surface area contributed by atoms with Gasteiger partial charge in [-0.25, -0.2) is 0 Å². The Hall–Kier alpha value is -1.19. The lowest BCUT2D eigenvalue weighted by molar-refractivity contribution is 0.178. The van der Waals surface area contributed by atoms with Crippen LogP contribution in [0.3, 0.4) is 0 Å². The third kappa shape index (κ3) is 2.49. The fraction of sp³-hybridized carbons (Fsp3) is 0.308. The van der Waals surface area contributed by atoms with Gasteiger partial charge in [-0.15, -0.1) is 11.3 Å². The molecule has 0 aliphatic rings. The molecule has 0 aliphatic carbocycles. The van der Waals surface area contributed by atoms with E-state index < -0.39 is 6.10 Å². The number of rotatable bonds is 3. The van der Waals surface area contributed by atoms with Gasteiger partial charge in [-0.3, -0.25) is 4.98 Å². The summed E-state index contributed by atoms with van der Waals surface area (Å²) >= 11 is 1.74. The molecule has 0 amide bonds. The lowest BCUT2D eigenvalue weighted by atomic mass is 10.0. The van der Waals surface area contributed by atoms with Crippen LogP contribution in [0, 0.1) is 13.8 Å². The zero-order chi connectivity index (χ0) is 11.5. The molecule has 84 valence electrons. The lowest BCUT2D eigenvalue weighted by Crippen LogP contribution is -2.01. The minimum Gasteiger partial charge on any atom is -0.388 e. The summed E-state index contributed by atoms with van der Waals surface area (Å²) in [6.07, 6.45) is 3.76. The summed E-state index contributed by atoms with van der Waals surface area (Å²) in [6, 6.07) is 5.96. The lowest BCUT2D eigenvalue weighted by Gasteiger charge is -2.10. The average Bonchev–Trinajstić information content (AvgIpc) is 2.59. The van der Waals surface area contributed by atoms with Crippen molar-refractivity contribution in [3.63, 3.8) is 0 Å². The Morgan fingerprint density at radius 3 is 2.56 bits per heavy atom. The molecule has 3 heteroatoms. The van der Waals surface area contributed by atoms with Crippen LogP contribution in [-0.4, -0.2) is 10.1 Å². The van der Waals surface area contributed by atoms with Crippen molar-refractivity contribution >= 4 is 11.3 Å². The number of aliphatic hydroxyl groups is 1. The normalized spacial score (nSPS) is 12.7. The molecule has 0 spiro atoms. The number of thiophene rings is 1. The zero-order valence-electron chi connectivity index (χ0n) is 9.47. The summed E-state index contributed by atoms with van der Waals surface area (Å²) < 4.78 is 0. The molecular formula is C13H15NOS. The molecule has 16 heavy (non-hydrogen) atoms. The highest BCUT2D eigenvalue weighted by atomic mass is 32.1. The van der Waals surface area contributed by atoms with Crippen molar-refractivity contribution in [1.29, 1.82) is 0 Å². The fourth-order valence-corrected chi connectivity index (χ4v) is 2.82. The van der Waals surface area contributed by atoms with Gasteiger partial charge in [0, 0.05) is 28.6 Å². The van der Waals surface area contributed by atoms with Crippen molar-refractivity contribution in [3.05, 3.63) is 51.5 Å². The molecule has 0 aromatic carbocycles. The Kier molecular flexibility index (Phi) is 3.36. The molecule has 1 atom stereocenters. The van der Waals surface area contributed by atoms with Crippen LogP contribution in [0.15, 0.2) is 30.6 Å². The number of aliphatic hydroxyl groups excluding tert-OH is 1. The number of aryl methyl sites for hydroxylation is 2. The van der Waals surface area contributed by atoms with E-state index in [0.29, 0.717) is 6.42 Å². The van der Waals surface area contributed by atoms with Gasteiger partial charge in [-0.2, -0.15) is 0 Å². The Bertz CT molecular complexity index is 464. The molecule has 1 unspecified atom stereocenters. The smallest absolute Gasteiger partial charge is 0.0841 e. The van der Waals surface area contributed by atoms with Crippen molar-refractivity contribution in [2.75, 3.05) is 0 Å². The molecular weight excluding hydrogens is 218 g/mol. The van der Waals surface area contributed by atoms with Crippen LogP contribution in [-0.2, 0) is 6.42 Å². The first-order chi connectivity index (χ1) is 7.66. The maximum absolute atomic E-state index is 10.2. The van der Waals surface area contributed by atoms with Crippen molar-refractivity contribution in [2.45, 2.75) is 26.4 Å². The summed E-state index contributed by atoms with van der Waals surface area (Å²) in [5.74, 6) is 0. The average molecular weight is 233 g/mol. The first-order valence-electron chi connectivity index (χ1n) is 5.30. The molecule has 2 rings (SSSR count). The molecule has 2 nitrogen and oxygen atoms in total. The third-order valence-electron chi connectivity index (χ3n) is 2.62. The van der Waals surface area contributed by atoms with Gasteiger partial charge in [0.05, 0.1) is 6.10 Å². The number of pyridine rings is 1. The molecule has 2 aromatic rings. The van der Waals surface area contributed by atoms with E-state index in [4.69, 9.17) is 0 Å². The standard InChI is InChI=1S/C13H15NOS/c1-9-7-12(10(2)16-9)13(15)8-11-3-5-14-6-4-11/h3-7,13,15H,8H2,1-2H3. The largest absolute Gasteiger partial charge is 0.388 e. The predicted molar refractivity (Wildman–Crippen MR) is 66.7 cm³/mol. The molecule has 2 heterocycles. The maximum atomic E-state index is 10.2. The first kappa shape index (κ1) is 11.3. The highest BCUT2D eigenvalue weighted by Crippen LogP contribution is 2.28. The van der Waals surface area contributed by atoms with Gasteiger partial charge in [0.1, 0.15) is 0 Å². The zero-order valence-corrected chi connectivity index (χ0v) is 10.3. The van der Waals surface area contributed by atoms with Gasteiger partial charge < -0.3 is 5.11 Å². The molecule has 0 aliphatic heterocycles. The van der Waals surface area contributed by atoms with Crippen LogP contribution in [0.2, 0.25) is 0 Å². The number of nitrogens with zero attached hydrogens (tertiary/aromatic N) is 1. The second kappa shape index (κ2) is 4.76. The van der Waals surface area contributed by atoms with E-state index in [9.17, 15) is 5.11 Å². The number of aromatic nitrogens is 1. The first-order valence-corrected chi connectivity index (χ1v) is 6.12. The molecule has 1 N–H and O–H groups in total. The van der Waals surface area contributed by atoms with E-state index in [0.717, 1.165) is 11.1 Å². The molecule has 0 saturated carbocycles. The molecule has 2 aromatic heterocycles. The number of hydrogen-bond acceptors (Lipinski definition) is 3. The van der Waals surface area contributed by atoms with Gasteiger partial charge in [-0.1, -0.05) is 0 Å². The highest BCUT2D eigenvalue weighted by molar-refractivity contribution is 7.12. The summed E-state index contributed by atoms with van der Waals surface area (Å²) in [5, 5.41) is 10.2. The monoisotopic (exact) mass is 233 g/mol. The summed E-state index contributed by atoms with van der Waals surface area (Å²) in [7, 11) is 0. The van der Waals surface area contributed by atoms with E-state index in [1.807, 2.05) is 12.1 Å². The number of hydrogen-bond donors (Lipinski definition) is 1. The van der Waals surface area contributed by atoms with E-state index in [-0.39, 0.29) is 0 Å². The minimum atomic E-state index is -0.410. The van der Waals surface area contributed by atoms with E-state index in [1.54, 1.807) is 23.7 Å². The van der Waals surface area contributed by atoms with Gasteiger partial charge in [0.15, 0.2) is 0 Å². The van der Waals surface area contributed by atoms with Gasteiger partial charge in [0.2, 0.25) is 0 Å². The summed E-state index contributed by atoms with van der Waals surface area (Å²) in [5.41, 5.74) is 2.17. The van der Waals surface area contributed by atoms with Crippen molar-refractivity contribution < 1.29 is 5.11 Å². The Labute approximate surface area is 99.6 Å². The molecule has 0 bridgehead atoms. The van der Waals surface area contributed by atoms with Crippen LogP contribution in [0.5, 0.6) is 0 Å². The second-order valence-corrected chi connectivity index (χ2v) is 5.40. The summed E-state index contributed by atoms with van der Waals surface area (Å²) in [6.45, 7) is 4.13. The molecule has 0 radical (unpaired) electrons. The Morgan fingerprint density at radius 1 is 1.31 bits per heavy atom.